The highest BCUT2D eigenvalue weighted by Gasteiger charge is 2.59. The van der Waals surface area contributed by atoms with E-state index in [9.17, 15) is 0 Å². The van der Waals surface area contributed by atoms with E-state index in [2.05, 4.69) is 50.7 Å². The molecule has 0 radical (unpaired) electrons. The summed E-state index contributed by atoms with van der Waals surface area (Å²) >= 11 is 0. The highest BCUT2D eigenvalue weighted by atomic mass is 15.1. The molecule has 168 valence electrons. The van der Waals surface area contributed by atoms with Crippen molar-refractivity contribution in [3.63, 3.8) is 0 Å². The second-order valence-electron chi connectivity index (χ2n) is 12.4. The van der Waals surface area contributed by atoms with Gasteiger partial charge < -0.3 is 0 Å². The Morgan fingerprint density at radius 3 is 2.60 bits per heavy atom. The van der Waals surface area contributed by atoms with Crippen molar-refractivity contribution >= 4 is 0 Å². The van der Waals surface area contributed by atoms with Crippen LogP contribution in [0, 0.1) is 46.3 Å². The first-order valence-corrected chi connectivity index (χ1v) is 13.0. The molecule has 3 saturated carbocycles. The average molecular weight is 412 g/mol. The number of fused-ring (bicyclic) bond motifs is 5. The molecule has 30 heavy (non-hydrogen) atoms. The minimum absolute atomic E-state index is 0.197. The fraction of sp³-hybridized carbons (Fsp3) is 0.926. The predicted molar refractivity (Wildman–Crippen MR) is 126 cm³/mol. The number of hydrogen-bond donors (Lipinski definition) is 0. The molecule has 0 amide bonds. The van der Waals surface area contributed by atoms with Crippen LogP contribution >= 0.6 is 0 Å². The van der Waals surface area contributed by atoms with Gasteiger partial charge in [0.05, 0.1) is 0 Å². The van der Waals surface area contributed by atoms with Crippen LogP contribution in [0.15, 0.2) is 16.8 Å². The monoisotopic (exact) mass is 411 g/mol. The molecule has 3 fully saturated rings. The van der Waals surface area contributed by atoms with E-state index in [0.29, 0.717) is 10.8 Å². The van der Waals surface area contributed by atoms with Crippen molar-refractivity contribution in [2.45, 2.75) is 111 Å². The van der Waals surface area contributed by atoms with E-state index < -0.39 is 0 Å². The first-order valence-electron chi connectivity index (χ1n) is 13.0. The Morgan fingerprint density at radius 2 is 1.87 bits per heavy atom. The molecule has 0 saturated heterocycles. The van der Waals surface area contributed by atoms with E-state index in [1.165, 1.54) is 57.8 Å². The molecule has 0 spiro atoms. The van der Waals surface area contributed by atoms with Gasteiger partial charge in [-0.05, 0) is 103 Å². The van der Waals surface area contributed by atoms with Crippen LogP contribution in [-0.2, 0) is 0 Å². The van der Waals surface area contributed by atoms with Crippen LogP contribution in [0.4, 0.5) is 0 Å². The molecule has 0 aromatic heterocycles. The molecule has 0 aromatic carbocycles. The quantitative estimate of drug-likeness (QED) is 0.182. The summed E-state index contributed by atoms with van der Waals surface area (Å²) in [7, 11) is 0. The average Bonchev–Trinajstić information content (AvgIpc) is 3.05. The number of hydrogen-bond acceptors (Lipinski definition) is 1. The van der Waals surface area contributed by atoms with Gasteiger partial charge >= 0.3 is 0 Å². The van der Waals surface area contributed by atoms with E-state index in [1.54, 1.807) is 5.57 Å². The molecule has 4 aliphatic rings. The summed E-state index contributed by atoms with van der Waals surface area (Å²) in [6.45, 7) is 12.5. The Balaban J connectivity index is 1.49. The number of azide groups is 1. The molecule has 4 aliphatic carbocycles. The van der Waals surface area contributed by atoms with Gasteiger partial charge in [-0.2, -0.15) is 0 Å². The molecule has 0 aromatic rings. The summed E-state index contributed by atoms with van der Waals surface area (Å²) in [5.74, 6) is 5.35. The minimum atomic E-state index is 0.197. The summed E-state index contributed by atoms with van der Waals surface area (Å²) in [4.78, 5) is 3.11. The summed E-state index contributed by atoms with van der Waals surface area (Å²) < 4.78 is 0. The fourth-order valence-corrected chi connectivity index (χ4v) is 8.84. The summed E-state index contributed by atoms with van der Waals surface area (Å²) in [6, 6.07) is 0.197. The molecule has 0 N–H and O–H groups in total. The summed E-state index contributed by atoms with van der Waals surface area (Å²) in [5.41, 5.74) is 11.5. The number of allylic oxidation sites excluding steroid dienone is 1. The van der Waals surface area contributed by atoms with E-state index in [4.69, 9.17) is 5.53 Å². The summed E-state index contributed by atoms with van der Waals surface area (Å²) in [6.07, 6.45) is 17.3. The van der Waals surface area contributed by atoms with Crippen molar-refractivity contribution in [2.24, 2.45) is 51.5 Å². The minimum Gasteiger partial charge on any atom is -0.0903 e. The third kappa shape index (κ3) is 3.74. The van der Waals surface area contributed by atoms with Crippen molar-refractivity contribution in [1.29, 1.82) is 0 Å². The van der Waals surface area contributed by atoms with Gasteiger partial charge in [0.1, 0.15) is 0 Å². The zero-order valence-electron chi connectivity index (χ0n) is 20.2. The van der Waals surface area contributed by atoms with Gasteiger partial charge in [0.2, 0.25) is 0 Å². The van der Waals surface area contributed by atoms with Crippen LogP contribution < -0.4 is 0 Å². The van der Waals surface area contributed by atoms with Gasteiger partial charge in [-0.1, -0.05) is 70.6 Å². The smallest absolute Gasteiger partial charge is 0.0411 e. The third-order valence-electron chi connectivity index (χ3n) is 10.5. The van der Waals surface area contributed by atoms with Gasteiger partial charge in [0.15, 0.2) is 0 Å². The first-order chi connectivity index (χ1) is 14.3. The zero-order chi connectivity index (χ0) is 21.5. The molecule has 0 aliphatic heterocycles. The highest BCUT2D eigenvalue weighted by Crippen LogP contribution is 2.67. The lowest BCUT2D eigenvalue weighted by Crippen LogP contribution is -2.50. The van der Waals surface area contributed by atoms with Crippen molar-refractivity contribution in [1.82, 2.24) is 0 Å². The molecule has 0 heterocycles. The van der Waals surface area contributed by atoms with Crippen LogP contribution in [0.5, 0.6) is 0 Å². The van der Waals surface area contributed by atoms with Crippen LogP contribution in [0.1, 0.15) is 105 Å². The Hall–Kier alpha value is -0.950. The SMILES string of the molecule is CC(C)CCCC(C)[C@H]1CC[C@H]2[C@@H]3CC=C4C[C@H](N=[N+]=[N-])CC[C@]4(C)[C@H]3CC[C@]12C. The standard InChI is InChI=1S/C27H45N3/c1-18(2)7-6-8-19(3)23-11-12-24-22-10-9-20-17-21(29-30-28)13-15-26(20,4)25(22)14-16-27(23,24)5/h9,18-19,21-25H,6-8,10-17H2,1-5H3/t19?,21-,22+,23-,24+,25+,26+,27-/m1/s1. The normalized spacial score (nSPS) is 43.8. The first kappa shape index (κ1) is 22.3. The van der Waals surface area contributed by atoms with Gasteiger partial charge in [-0.15, -0.1) is 0 Å². The van der Waals surface area contributed by atoms with Crippen molar-refractivity contribution in [3.05, 3.63) is 22.1 Å². The zero-order valence-corrected chi connectivity index (χ0v) is 20.2. The highest BCUT2D eigenvalue weighted by molar-refractivity contribution is 5.26. The van der Waals surface area contributed by atoms with Crippen molar-refractivity contribution in [3.8, 4) is 0 Å². The van der Waals surface area contributed by atoms with Crippen LogP contribution in [-0.4, -0.2) is 6.04 Å². The second-order valence-corrected chi connectivity index (χ2v) is 12.4. The summed E-state index contributed by atoms with van der Waals surface area (Å²) in [5, 5.41) is 4.08. The molecule has 3 nitrogen and oxygen atoms in total. The van der Waals surface area contributed by atoms with Crippen molar-refractivity contribution < 1.29 is 0 Å². The third-order valence-corrected chi connectivity index (χ3v) is 10.5. The van der Waals surface area contributed by atoms with E-state index >= 15 is 0 Å². The van der Waals surface area contributed by atoms with Gasteiger partial charge in [0.25, 0.3) is 0 Å². The van der Waals surface area contributed by atoms with E-state index in [1.807, 2.05) is 0 Å². The Bertz CT molecular complexity index is 705. The lowest BCUT2D eigenvalue weighted by atomic mass is 9.47. The lowest BCUT2D eigenvalue weighted by molar-refractivity contribution is -0.0508. The molecule has 4 rings (SSSR count). The van der Waals surface area contributed by atoms with E-state index in [0.717, 1.165) is 48.3 Å². The molecule has 8 atom stereocenters. The lowest BCUT2D eigenvalue weighted by Gasteiger charge is -2.58. The Morgan fingerprint density at radius 1 is 1.07 bits per heavy atom. The maximum absolute atomic E-state index is 8.89. The van der Waals surface area contributed by atoms with E-state index in [-0.39, 0.29) is 6.04 Å². The van der Waals surface area contributed by atoms with Crippen LogP contribution in [0.25, 0.3) is 10.4 Å². The van der Waals surface area contributed by atoms with Gasteiger partial charge in [-0.25, -0.2) is 0 Å². The van der Waals surface area contributed by atoms with Crippen molar-refractivity contribution in [2.75, 3.05) is 0 Å². The number of rotatable bonds is 6. The molecule has 1 unspecified atom stereocenters. The van der Waals surface area contributed by atoms with Gasteiger partial charge in [-0.3, -0.25) is 0 Å². The molecular weight excluding hydrogens is 366 g/mol. The Labute approximate surface area is 185 Å². The maximum Gasteiger partial charge on any atom is 0.0411 e. The van der Waals surface area contributed by atoms with Crippen LogP contribution in [0.3, 0.4) is 0 Å². The predicted octanol–water partition coefficient (Wildman–Crippen LogP) is 8.71. The molecule has 3 heteroatoms. The van der Waals surface area contributed by atoms with Crippen LogP contribution in [0.2, 0.25) is 0 Å². The Kier molecular flexibility index (Phi) is 6.33. The topological polar surface area (TPSA) is 48.8 Å². The number of nitrogens with zero attached hydrogens (tertiary/aromatic N) is 3. The largest absolute Gasteiger partial charge is 0.0903 e. The fourth-order valence-electron chi connectivity index (χ4n) is 8.84. The van der Waals surface area contributed by atoms with Gasteiger partial charge in [0, 0.05) is 11.0 Å². The molecule has 0 bridgehead atoms. The molecular formula is C27H45N3. The second kappa shape index (κ2) is 8.53. The maximum atomic E-state index is 8.89.